The van der Waals surface area contributed by atoms with Crippen LogP contribution >= 0.6 is 0 Å². The van der Waals surface area contributed by atoms with Gasteiger partial charge in [-0.2, -0.15) is 0 Å². The number of halogens is 1. The van der Waals surface area contributed by atoms with E-state index in [0.717, 1.165) is 12.5 Å². The number of hydrogen-bond acceptors (Lipinski definition) is 4. The number of benzene rings is 1. The lowest BCUT2D eigenvalue weighted by molar-refractivity contribution is -0.134. The molecule has 0 saturated carbocycles. The lowest BCUT2D eigenvalue weighted by Gasteiger charge is -2.24. The highest BCUT2D eigenvalue weighted by atomic mass is 19.1. The van der Waals surface area contributed by atoms with Crippen LogP contribution in [0.25, 0.3) is 0 Å². The Kier molecular flexibility index (Phi) is 4.91. The molecule has 0 aromatic heterocycles. The van der Waals surface area contributed by atoms with Crippen molar-refractivity contribution in [3.8, 4) is 11.5 Å². The van der Waals surface area contributed by atoms with Crippen LogP contribution in [0.15, 0.2) is 12.1 Å². The summed E-state index contributed by atoms with van der Waals surface area (Å²) in [5.74, 6) is -0.268. The molecule has 1 atom stereocenters. The monoisotopic (exact) mass is 257 g/mol. The second kappa shape index (κ2) is 6.20. The Morgan fingerprint density at radius 1 is 1.61 bits per heavy atom. The van der Waals surface area contributed by atoms with Gasteiger partial charge in [-0.25, -0.2) is 4.39 Å². The maximum absolute atomic E-state index is 13.3. The van der Waals surface area contributed by atoms with Gasteiger partial charge >= 0.3 is 0 Å². The van der Waals surface area contributed by atoms with Crippen LogP contribution in [0, 0.1) is 5.82 Å². The highest BCUT2D eigenvalue weighted by Gasteiger charge is 2.23. The lowest BCUT2D eigenvalue weighted by atomic mass is 10.0. The van der Waals surface area contributed by atoms with Crippen molar-refractivity contribution >= 4 is 5.97 Å². The molecule has 0 amide bonds. The summed E-state index contributed by atoms with van der Waals surface area (Å²) in [6, 6.07) is 2.85. The van der Waals surface area contributed by atoms with Crippen LogP contribution in [0.4, 0.5) is 4.39 Å². The quantitative estimate of drug-likeness (QED) is 0.789. The molecule has 100 valence electrons. The van der Waals surface area contributed by atoms with Crippen LogP contribution in [0.1, 0.15) is 12.5 Å². The minimum Gasteiger partial charge on any atom is -0.496 e. The van der Waals surface area contributed by atoms with E-state index >= 15 is 0 Å². The summed E-state index contributed by atoms with van der Waals surface area (Å²) in [4.78, 5) is 9.00. The summed E-state index contributed by atoms with van der Waals surface area (Å²) >= 11 is 0. The molecule has 1 aliphatic rings. The Balaban J connectivity index is 0.000000357. The first kappa shape index (κ1) is 14.2. The second-order valence-electron chi connectivity index (χ2n) is 3.85. The van der Waals surface area contributed by atoms with Gasteiger partial charge in [-0.15, -0.1) is 0 Å². The standard InChI is InChI=1S/C10H12FNO2.C2H4O2/c1-13-9-3-2-8(11)10-7(9)4-6(12)5-14-10;1-2(3)4/h2-3,6H,4-5,12H2,1H3;1H3,(H,3,4). The van der Waals surface area contributed by atoms with Gasteiger partial charge in [0.05, 0.1) is 7.11 Å². The van der Waals surface area contributed by atoms with Crippen LogP contribution in [0.5, 0.6) is 11.5 Å². The van der Waals surface area contributed by atoms with E-state index in [0.29, 0.717) is 18.8 Å². The number of carbonyl (C=O) groups is 1. The minimum absolute atomic E-state index is 0.0850. The van der Waals surface area contributed by atoms with E-state index in [-0.39, 0.29) is 17.6 Å². The van der Waals surface area contributed by atoms with E-state index in [1.165, 1.54) is 6.07 Å². The maximum Gasteiger partial charge on any atom is 0.300 e. The third-order valence-electron chi connectivity index (χ3n) is 2.30. The zero-order valence-electron chi connectivity index (χ0n) is 10.3. The zero-order chi connectivity index (χ0) is 13.7. The second-order valence-corrected chi connectivity index (χ2v) is 3.85. The average Bonchev–Trinajstić information content (AvgIpc) is 2.28. The van der Waals surface area contributed by atoms with Crippen LogP contribution in [-0.2, 0) is 11.2 Å². The van der Waals surface area contributed by atoms with E-state index in [1.807, 2.05) is 0 Å². The molecule has 0 fully saturated rings. The number of ether oxygens (including phenoxy) is 2. The van der Waals surface area contributed by atoms with Gasteiger partial charge in [0.25, 0.3) is 5.97 Å². The number of fused-ring (bicyclic) bond motifs is 1. The Labute approximate surface area is 104 Å². The fourth-order valence-electron chi connectivity index (χ4n) is 1.63. The molecular weight excluding hydrogens is 241 g/mol. The number of rotatable bonds is 1. The molecule has 18 heavy (non-hydrogen) atoms. The van der Waals surface area contributed by atoms with Gasteiger partial charge in [-0.05, 0) is 18.6 Å². The van der Waals surface area contributed by atoms with Crippen molar-refractivity contribution in [2.24, 2.45) is 5.73 Å². The summed E-state index contributed by atoms with van der Waals surface area (Å²) in [5.41, 5.74) is 6.45. The minimum atomic E-state index is -0.833. The molecule has 1 aromatic carbocycles. The lowest BCUT2D eigenvalue weighted by Crippen LogP contribution is -2.34. The first-order valence-electron chi connectivity index (χ1n) is 5.39. The molecule has 1 unspecified atom stereocenters. The maximum atomic E-state index is 13.3. The van der Waals surface area contributed by atoms with Gasteiger partial charge in [-0.1, -0.05) is 0 Å². The number of carboxylic acid groups (broad SMARTS) is 1. The van der Waals surface area contributed by atoms with Crippen molar-refractivity contribution in [2.75, 3.05) is 13.7 Å². The predicted molar refractivity (Wildman–Crippen MR) is 63.4 cm³/mol. The van der Waals surface area contributed by atoms with Crippen molar-refractivity contribution in [3.05, 3.63) is 23.5 Å². The van der Waals surface area contributed by atoms with Gasteiger partial charge in [0.1, 0.15) is 12.4 Å². The predicted octanol–water partition coefficient (Wildman–Crippen LogP) is 1.19. The molecule has 0 spiro atoms. The Morgan fingerprint density at radius 3 is 2.78 bits per heavy atom. The topological polar surface area (TPSA) is 81.8 Å². The molecule has 0 radical (unpaired) electrons. The molecule has 5 nitrogen and oxygen atoms in total. The van der Waals surface area contributed by atoms with Gasteiger partial charge in [0, 0.05) is 18.5 Å². The van der Waals surface area contributed by atoms with Crippen molar-refractivity contribution in [3.63, 3.8) is 0 Å². The van der Waals surface area contributed by atoms with Crippen LogP contribution in [0.3, 0.4) is 0 Å². The molecule has 1 aliphatic heterocycles. The Morgan fingerprint density at radius 2 is 2.22 bits per heavy atom. The molecule has 2 rings (SSSR count). The third-order valence-corrected chi connectivity index (χ3v) is 2.30. The van der Waals surface area contributed by atoms with Crippen LogP contribution in [0.2, 0.25) is 0 Å². The van der Waals surface area contributed by atoms with Crippen molar-refractivity contribution in [1.82, 2.24) is 0 Å². The molecule has 3 N–H and O–H groups in total. The van der Waals surface area contributed by atoms with Crippen LogP contribution in [-0.4, -0.2) is 30.8 Å². The first-order chi connectivity index (χ1) is 8.45. The molecule has 1 aromatic rings. The fourth-order valence-corrected chi connectivity index (χ4v) is 1.63. The molecule has 1 heterocycles. The summed E-state index contributed by atoms with van der Waals surface area (Å²) in [6.45, 7) is 1.44. The van der Waals surface area contributed by atoms with Crippen molar-refractivity contribution in [2.45, 2.75) is 19.4 Å². The first-order valence-corrected chi connectivity index (χ1v) is 5.39. The van der Waals surface area contributed by atoms with Gasteiger partial charge in [-0.3, -0.25) is 4.79 Å². The zero-order valence-corrected chi connectivity index (χ0v) is 10.3. The molecule has 0 saturated heterocycles. The normalized spacial score (nSPS) is 16.8. The molecule has 6 heteroatoms. The number of carboxylic acids is 1. The van der Waals surface area contributed by atoms with E-state index in [2.05, 4.69) is 0 Å². The molecule has 0 aliphatic carbocycles. The van der Waals surface area contributed by atoms with Gasteiger partial charge < -0.3 is 20.3 Å². The average molecular weight is 257 g/mol. The summed E-state index contributed by atoms with van der Waals surface area (Å²) < 4.78 is 23.6. The van der Waals surface area contributed by atoms with Crippen molar-refractivity contribution in [1.29, 1.82) is 0 Å². The van der Waals surface area contributed by atoms with Gasteiger partial charge in [0.15, 0.2) is 11.6 Å². The SMILES string of the molecule is CC(=O)O.COc1ccc(F)c2c1CC(N)CO2. The Bertz CT molecular complexity index is 432. The van der Waals surface area contributed by atoms with E-state index < -0.39 is 5.97 Å². The number of methoxy groups -OCH3 is 1. The van der Waals surface area contributed by atoms with Crippen LogP contribution < -0.4 is 15.2 Å². The highest BCUT2D eigenvalue weighted by molar-refractivity contribution is 5.62. The summed E-state index contributed by atoms with van der Waals surface area (Å²) in [5, 5.41) is 7.42. The highest BCUT2D eigenvalue weighted by Crippen LogP contribution is 2.34. The number of aliphatic carboxylic acids is 1. The number of nitrogens with two attached hydrogens (primary N) is 1. The largest absolute Gasteiger partial charge is 0.496 e. The summed E-state index contributed by atoms with van der Waals surface area (Å²) in [6.07, 6.45) is 0.594. The fraction of sp³-hybridized carbons (Fsp3) is 0.417. The Hall–Kier alpha value is -1.82. The summed E-state index contributed by atoms with van der Waals surface area (Å²) in [7, 11) is 1.55. The molecule has 0 bridgehead atoms. The van der Waals surface area contributed by atoms with Gasteiger partial charge in [0.2, 0.25) is 0 Å². The molecular formula is C12H16FNO4. The smallest absolute Gasteiger partial charge is 0.300 e. The number of hydrogen-bond donors (Lipinski definition) is 2. The van der Waals surface area contributed by atoms with Crippen molar-refractivity contribution < 1.29 is 23.8 Å². The van der Waals surface area contributed by atoms with E-state index in [9.17, 15) is 4.39 Å². The van der Waals surface area contributed by atoms with E-state index in [4.69, 9.17) is 25.1 Å². The third kappa shape index (κ3) is 3.59. The van der Waals surface area contributed by atoms with E-state index in [1.54, 1.807) is 13.2 Å².